The van der Waals surface area contributed by atoms with Crippen molar-refractivity contribution in [1.29, 1.82) is 0 Å². The molecule has 106 valence electrons. The lowest BCUT2D eigenvalue weighted by Crippen LogP contribution is -2.31. The zero-order valence-corrected chi connectivity index (χ0v) is 13.8. The van der Waals surface area contributed by atoms with Crippen molar-refractivity contribution >= 4 is 54.8 Å². The van der Waals surface area contributed by atoms with Crippen LogP contribution in [0.4, 0.5) is 0 Å². The van der Waals surface area contributed by atoms with E-state index in [9.17, 15) is 13.2 Å². The number of hydrogen-bond donors (Lipinski definition) is 2. The van der Waals surface area contributed by atoms with Gasteiger partial charge in [-0.3, -0.25) is 4.79 Å². The van der Waals surface area contributed by atoms with Crippen LogP contribution in [0.5, 0.6) is 0 Å². The molecule has 19 heavy (non-hydrogen) atoms. The van der Waals surface area contributed by atoms with Crippen molar-refractivity contribution in [3.8, 4) is 0 Å². The summed E-state index contributed by atoms with van der Waals surface area (Å²) in [5, 5.41) is 3.15. The van der Waals surface area contributed by atoms with E-state index in [1.807, 2.05) is 0 Å². The van der Waals surface area contributed by atoms with Gasteiger partial charge in [0.05, 0.1) is 8.81 Å². The van der Waals surface area contributed by atoms with E-state index in [1.165, 1.54) is 6.07 Å². The van der Waals surface area contributed by atoms with Gasteiger partial charge in [0.15, 0.2) is 0 Å². The van der Waals surface area contributed by atoms with Crippen LogP contribution in [0.3, 0.4) is 0 Å². The number of hydrogen-bond acceptors (Lipinski definition) is 4. The van der Waals surface area contributed by atoms with Gasteiger partial charge in [-0.15, -0.1) is 11.3 Å². The second kappa shape index (κ2) is 6.09. The summed E-state index contributed by atoms with van der Waals surface area (Å²) < 4.78 is 26.9. The summed E-state index contributed by atoms with van der Waals surface area (Å²) in [6, 6.07) is 1.67. The number of amides is 1. The smallest absolute Gasteiger partial charge is 0.250 e. The first kappa shape index (κ1) is 15.2. The highest BCUT2D eigenvalue weighted by Crippen LogP contribution is 2.34. The number of rotatable bonds is 6. The van der Waals surface area contributed by atoms with Crippen LogP contribution in [0.2, 0.25) is 5.02 Å². The van der Waals surface area contributed by atoms with E-state index in [0.29, 0.717) is 8.81 Å². The molecule has 1 amide bonds. The van der Waals surface area contributed by atoms with Gasteiger partial charge in [-0.05, 0) is 34.8 Å². The van der Waals surface area contributed by atoms with Crippen LogP contribution in [0.15, 0.2) is 14.1 Å². The molecule has 9 heteroatoms. The Morgan fingerprint density at radius 1 is 1.53 bits per heavy atom. The second-order valence-electron chi connectivity index (χ2n) is 4.18. The summed E-state index contributed by atoms with van der Waals surface area (Å²) in [5.41, 5.74) is 0. The highest BCUT2D eigenvalue weighted by atomic mass is 79.9. The average molecular weight is 388 g/mol. The molecule has 1 aromatic heterocycles. The Balaban J connectivity index is 1.85. The minimum atomic E-state index is -3.60. The molecule has 1 aromatic rings. The Kier molecular flexibility index (Phi) is 4.88. The lowest BCUT2D eigenvalue weighted by atomic mass is 10.4. The molecule has 1 aliphatic rings. The average Bonchev–Trinajstić information content (AvgIpc) is 3.04. The first-order valence-electron chi connectivity index (χ1n) is 5.62. The number of thiophene rings is 1. The third-order valence-electron chi connectivity index (χ3n) is 2.47. The molecule has 0 atom stereocenters. The van der Waals surface area contributed by atoms with Gasteiger partial charge < -0.3 is 5.32 Å². The molecule has 1 heterocycles. The van der Waals surface area contributed by atoms with Gasteiger partial charge >= 0.3 is 0 Å². The zero-order valence-electron chi connectivity index (χ0n) is 9.78. The Morgan fingerprint density at radius 2 is 2.21 bits per heavy atom. The lowest BCUT2D eigenvalue weighted by Gasteiger charge is -2.05. The number of halogens is 2. The fraction of sp³-hybridized carbons (Fsp3) is 0.500. The van der Waals surface area contributed by atoms with Crippen LogP contribution in [0.1, 0.15) is 19.3 Å². The predicted molar refractivity (Wildman–Crippen MR) is 78.0 cm³/mol. The van der Waals surface area contributed by atoms with Crippen molar-refractivity contribution in [1.82, 2.24) is 10.0 Å². The van der Waals surface area contributed by atoms with E-state index < -0.39 is 10.0 Å². The first-order chi connectivity index (χ1) is 8.88. The van der Waals surface area contributed by atoms with Gasteiger partial charge in [-0.25, -0.2) is 13.1 Å². The minimum absolute atomic E-state index is 0.0774. The van der Waals surface area contributed by atoms with Crippen LogP contribution in [-0.4, -0.2) is 26.9 Å². The van der Waals surface area contributed by atoms with E-state index in [2.05, 4.69) is 26.0 Å². The van der Waals surface area contributed by atoms with Crippen LogP contribution in [-0.2, 0) is 14.8 Å². The Morgan fingerprint density at radius 3 is 2.74 bits per heavy atom. The lowest BCUT2D eigenvalue weighted by molar-refractivity contribution is -0.121. The molecular formula is C10H12BrClN2O3S2. The van der Waals surface area contributed by atoms with Gasteiger partial charge in [-0.1, -0.05) is 11.6 Å². The molecule has 0 spiro atoms. The molecular weight excluding hydrogens is 376 g/mol. The summed E-state index contributed by atoms with van der Waals surface area (Å²) in [6.45, 7) is 0.0774. The fourth-order valence-electron chi connectivity index (χ4n) is 1.36. The molecule has 0 saturated heterocycles. The zero-order chi connectivity index (χ0) is 14.0. The third-order valence-corrected chi connectivity index (χ3v) is 6.88. The van der Waals surface area contributed by atoms with Gasteiger partial charge in [0.1, 0.15) is 4.21 Å². The number of carbonyl (C=O) groups excluding carboxylic acids is 1. The maximum Gasteiger partial charge on any atom is 0.250 e. The predicted octanol–water partition coefficient (Wildman–Crippen LogP) is 2.11. The number of nitrogens with one attached hydrogen (secondary N) is 2. The molecule has 1 aliphatic carbocycles. The van der Waals surface area contributed by atoms with E-state index in [-0.39, 0.29) is 29.1 Å². The molecule has 5 nitrogen and oxygen atoms in total. The molecule has 0 bridgehead atoms. The molecule has 0 aromatic carbocycles. The van der Waals surface area contributed by atoms with Gasteiger partial charge in [0.2, 0.25) is 15.9 Å². The Labute approximate surface area is 128 Å². The maximum absolute atomic E-state index is 11.9. The second-order valence-corrected chi connectivity index (χ2v) is 8.95. The summed E-state index contributed by atoms with van der Waals surface area (Å²) in [5.74, 6) is -0.129. The first-order valence-corrected chi connectivity index (χ1v) is 9.09. The topological polar surface area (TPSA) is 75.3 Å². The molecule has 2 rings (SSSR count). The maximum atomic E-state index is 11.9. The molecule has 0 radical (unpaired) electrons. The highest BCUT2D eigenvalue weighted by Gasteiger charge is 2.23. The van der Waals surface area contributed by atoms with Gasteiger partial charge in [0, 0.05) is 19.0 Å². The van der Waals surface area contributed by atoms with Crippen molar-refractivity contribution in [3.05, 3.63) is 14.9 Å². The molecule has 0 aliphatic heterocycles. The van der Waals surface area contributed by atoms with Crippen molar-refractivity contribution in [2.45, 2.75) is 29.5 Å². The summed E-state index contributed by atoms with van der Waals surface area (Å²) in [6.07, 6.45) is 2.16. The van der Waals surface area contributed by atoms with E-state index in [4.69, 9.17) is 11.6 Å². The number of carbonyl (C=O) groups is 1. The standard InChI is InChI=1S/C10H12BrClN2O3S2/c11-10-7(12)5-9(18-10)19(16,17)13-4-3-8(15)14-6-1-2-6/h5-6,13H,1-4H2,(H,14,15). The van der Waals surface area contributed by atoms with Crippen molar-refractivity contribution in [2.75, 3.05) is 6.54 Å². The quantitative estimate of drug-likeness (QED) is 0.785. The molecule has 0 unspecified atom stereocenters. The van der Waals surface area contributed by atoms with E-state index in [1.54, 1.807) is 0 Å². The van der Waals surface area contributed by atoms with Gasteiger partial charge in [0.25, 0.3) is 0 Å². The monoisotopic (exact) mass is 386 g/mol. The largest absolute Gasteiger partial charge is 0.353 e. The van der Waals surface area contributed by atoms with Crippen LogP contribution < -0.4 is 10.0 Å². The normalized spacial score (nSPS) is 15.5. The van der Waals surface area contributed by atoms with Crippen LogP contribution >= 0.6 is 38.9 Å². The van der Waals surface area contributed by atoms with Crippen molar-refractivity contribution < 1.29 is 13.2 Å². The number of sulfonamides is 1. The van der Waals surface area contributed by atoms with Crippen LogP contribution in [0, 0.1) is 0 Å². The SMILES string of the molecule is O=C(CCNS(=O)(=O)c1cc(Cl)c(Br)s1)NC1CC1. The van der Waals surface area contributed by atoms with Crippen molar-refractivity contribution in [2.24, 2.45) is 0 Å². The van der Waals surface area contributed by atoms with E-state index in [0.717, 1.165) is 24.2 Å². The van der Waals surface area contributed by atoms with Crippen LogP contribution in [0.25, 0.3) is 0 Å². The fourth-order valence-corrected chi connectivity index (χ4v) is 4.83. The Hall–Kier alpha value is -0.150. The van der Waals surface area contributed by atoms with Crippen molar-refractivity contribution in [3.63, 3.8) is 0 Å². The highest BCUT2D eigenvalue weighted by molar-refractivity contribution is 9.11. The Bertz CT molecular complexity index is 564. The summed E-state index contributed by atoms with van der Waals surface area (Å²) in [4.78, 5) is 11.4. The summed E-state index contributed by atoms with van der Waals surface area (Å²) >= 11 is 9.99. The minimum Gasteiger partial charge on any atom is -0.353 e. The third kappa shape index (κ3) is 4.42. The summed E-state index contributed by atoms with van der Waals surface area (Å²) in [7, 11) is -3.60. The molecule has 1 fully saturated rings. The molecule has 2 N–H and O–H groups in total. The van der Waals surface area contributed by atoms with Gasteiger partial charge in [-0.2, -0.15) is 0 Å². The molecule has 1 saturated carbocycles. The van der Waals surface area contributed by atoms with E-state index >= 15 is 0 Å².